The molecule has 30 heavy (non-hydrogen) atoms. The van der Waals surface area contributed by atoms with Crippen LogP contribution in [-0.4, -0.2) is 31.2 Å². The number of ether oxygens (including phenoxy) is 1. The molecule has 0 saturated heterocycles. The summed E-state index contributed by atoms with van der Waals surface area (Å²) in [5, 5.41) is 5.89. The second-order valence-corrected chi connectivity index (χ2v) is 7.14. The Bertz CT molecular complexity index is 1100. The monoisotopic (exact) mass is 401 g/mol. The number of hydrogen-bond donors (Lipinski definition) is 1. The zero-order chi connectivity index (χ0) is 20.9. The Morgan fingerprint density at radius 1 is 1.10 bits per heavy atom. The first kappa shape index (κ1) is 19.6. The van der Waals surface area contributed by atoms with E-state index >= 15 is 0 Å². The molecule has 2 amide bonds. The molecule has 0 aromatic heterocycles. The van der Waals surface area contributed by atoms with Crippen LogP contribution in [0.5, 0.6) is 5.75 Å². The zero-order valence-corrected chi connectivity index (χ0v) is 16.8. The number of hydrogen-bond acceptors (Lipinski definition) is 4. The Kier molecular flexibility index (Phi) is 5.75. The van der Waals surface area contributed by atoms with Gasteiger partial charge in [0.05, 0.1) is 18.5 Å². The molecule has 152 valence electrons. The Balaban J connectivity index is 1.36. The molecular formula is C24H23N3O3. The molecule has 1 N–H and O–H groups in total. The number of carbonyl (C=O) groups excluding carboxylic acids is 2. The van der Waals surface area contributed by atoms with Crippen molar-refractivity contribution in [2.75, 3.05) is 18.1 Å². The van der Waals surface area contributed by atoms with Crippen molar-refractivity contribution in [1.82, 2.24) is 5.43 Å². The van der Waals surface area contributed by atoms with Crippen molar-refractivity contribution in [3.8, 4) is 5.75 Å². The van der Waals surface area contributed by atoms with Gasteiger partial charge in [-0.05, 0) is 53.8 Å². The minimum atomic E-state index is -0.357. The van der Waals surface area contributed by atoms with Gasteiger partial charge < -0.3 is 4.74 Å². The number of rotatable bonds is 8. The number of hydrazone groups is 1. The lowest BCUT2D eigenvalue weighted by atomic mass is 10.1. The van der Waals surface area contributed by atoms with Gasteiger partial charge in [-0.25, -0.2) is 5.43 Å². The number of anilines is 1. The number of benzene rings is 3. The first-order chi connectivity index (χ1) is 14.7. The molecule has 1 heterocycles. The van der Waals surface area contributed by atoms with Crippen LogP contribution < -0.4 is 15.1 Å². The molecule has 0 unspecified atom stereocenters. The maximum absolute atomic E-state index is 12.7. The van der Waals surface area contributed by atoms with E-state index in [4.69, 9.17) is 4.74 Å². The van der Waals surface area contributed by atoms with Crippen LogP contribution in [0, 0.1) is 0 Å². The predicted octanol–water partition coefficient (Wildman–Crippen LogP) is 4.13. The van der Waals surface area contributed by atoms with Crippen LogP contribution in [0.25, 0.3) is 10.8 Å². The molecule has 3 aromatic rings. The van der Waals surface area contributed by atoms with Gasteiger partial charge in [0.25, 0.3) is 11.8 Å². The third-order valence-corrected chi connectivity index (χ3v) is 5.00. The van der Waals surface area contributed by atoms with Gasteiger partial charge in [-0.1, -0.05) is 37.6 Å². The first-order valence-electron chi connectivity index (χ1n) is 10.1. The molecule has 0 fully saturated rings. The van der Waals surface area contributed by atoms with Crippen molar-refractivity contribution in [1.29, 1.82) is 0 Å². The predicted molar refractivity (Wildman–Crippen MR) is 118 cm³/mol. The molecule has 6 heteroatoms. The van der Waals surface area contributed by atoms with Crippen LogP contribution in [0.2, 0.25) is 0 Å². The third kappa shape index (κ3) is 4.03. The highest BCUT2D eigenvalue weighted by atomic mass is 16.5. The highest BCUT2D eigenvalue weighted by Gasteiger charge is 2.30. The fourth-order valence-electron chi connectivity index (χ4n) is 3.48. The molecule has 1 aliphatic rings. The molecule has 0 atom stereocenters. The van der Waals surface area contributed by atoms with E-state index in [1.165, 1.54) is 4.90 Å². The van der Waals surface area contributed by atoms with Crippen molar-refractivity contribution in [2.24, 2.45) is 5.10 Å². The highest BCUT2D eigenvalue weighted by Crippen LogP contribution is 2.36. The number of carbonyl (C=O) groups is 2. The van der Waals surface area contributed by atoms with Crippen LogP contribution in [-0.2, 0) is 4.79 Å². The third-order valence-electron chi connectivity index (χ3n) is 5.00. The van der Waals surface area contributed by atoms with Crippen LogP contribution in [0.1, 0.15) is 35.7 Å². The lowest BCUT2D eigenvalue weighted by Crippen LogP contribution is -2.37. The standard InChI is InChI=1S/C24H23N3O3/c1-2-3-14-30-19-12-10-17(11-13-19)15-25-26-22(28)16-27-21-9-5-7-18-6-4-8-20(23(18)21)24(27)29/h4-13,15H,2-3,14,16H2,1H3,(H,26,28)/b25-15+. The van der Waals surface area contributed by atoms with Crippen LogP contribution in [0.15, 0.2) is 65.8 Å². The van der Waals surface area contributed by atoms with E-state index in [0.717, 1.165) is 40.6 Å². The molecule has 0 bridgehead atoms. The Labute approximate surface area is 175 Å². The maximum atomic E-state index is 12.7. The topological polar surface area (TPSA) is 71.0 Å². The van der Waals surface area contributed by atoms with Gasteiger partial charge in [0.1, 0.15) is 12.3 Å². The zero-order valence-electron chi connectivity index (χ0n) is 16.8. The number of unbranched alkanes of at least 4 members (excludes halogenated alkanes) is 1. The molecule has 1 aliphatic heterocycles. The number of nitrogens with one attached hydrogen (secondary N) is 1. The minimum absolute atomic E-state index is 0.0891. The number of amides is 2. The van der Waals surface area contributed by atoms with Crippen molar-refractivity contribution in [2.45, 2.75) is 19.8 Å². The smallest absolute Gasteiger partial charge is 0.260 e. The summed E-state index contributed by atoms with van der Waals surface area (Å²) in [6.45, 7) is 2.73. The summed E-state index contributed by atoms with van der Waals surface area (Å²) >= 11 is 0. The number of nitrogens with zero attached hydrogens (tertiary/aromatic N) is 2. The van der Waals surface area contributed by atoms with E-state index < -0.39 is 0 Å². The SMILES string of the molecule is CCCCOc1ccc(/C=N/NC(=O)CN2C(=O)c3cccc4cccc2c34)cc1. The molecule has 4 rings (SSSR count). The van der Waals surface area contributed by atoms with Crippen LogP contribution in [0.4, 0.5) is 5.69 Å². The van der Waals surface area contributed by atoms with E-state index in [2.05, 4.69) is 17.5 Å². The molecule has 0 saturated carbocycles. The quantitative estimate of drug-likeness (QED) is 0.350. The average Bonchev–Trinajstić information content (AvgIpc) is 3.03. The van der Waals surface area contributed by atoms with Crippen LogP contribution >= 0.6 is 0 Å². The van der Waals surface area contributed by atoms with Gasteiger partial charge in [-0.3, -0.25) is 14.5 Å². The summed E-state index contributed by atoms with van der Waals surface area (Å²) < 4.78 is 5.63. The lowest BCUT2D eigenvalue weighted by Gasteiger charge is -2.16. The molecule has 0 aliphatic carbocycles. The van der Waals surface area contributed by atoms with E-state index in [1.54, 1.807) is 12.3 Å². The Hall–Kier alpha value is -3.67. The maximum Gasteiger partial charge on any atom is 0.260 e. The van der Waals surface area contributed by atoms with Gasteiger partial charge in [0, 0.05) is 10.9 Å². The molecule has 3 aromatic carbocycles. The van der Waals surface area contributed by atoms with Gasteiger partial charge in [0.15, 0.2) is 0 Å². The van der Waals surface area contributed by atoms with Crippen molar-refractivity contribution < 1.29 is 14.3 Å². The van der Waals surface area contributed by atoms with Gasteiger partial charge in [0.2, 0.25) is 0 Å². The second-order valence-electron chi connectivity index (χ2n) is 7.14. The fraction of sp³-hybridized carbons (Fsp3) is 0.208. The van der Waals surface area contributed by atoms with E-state index in [1.807, 2.05) is 54.6 Å². The normalized spacial score (nSPS) is 12.7. The summed E-state index contributed by atoms with van der Waals surface area (Å²) in [4.78, 5) is 26.6. The molecule has 0 spiro atoms. The van der Waals surface area contributed by atoms with Crippen molar-refractivity contribution in [3.63, 3.8) is 0 Å². The highest BCUT2D eigenvalue weighted by molar-refractivity contribution is 6.26. The van der Waals surface area contributed by atoms with E-state index in [-0.39, 0.29) is 18.4 Å². The Morgan fingerprint density at radius 3 is 2.63 bits per heavy atom. The summed E-state index contributed by atoms with van der Waals surface area (Å²) in [7, 11) is 0. The largest absolute Gasteiger partial charge is 0.494 e. The van der Waals surface area contributed by atoms with Crippen molar-refractivity contribution >= 4 is 34.5 Å². The van der Waals surface area contributed by atoms with Gasteiger partial charge >= 0.3 is 0 Å². The van der Waals surface area contributed by atoms with Crippen LogP contribution in [0.3, 0.4) is 0 Å². The molecule has 0 radical (unpaired) electrons. The molecule has 6 nitrogen and oxygen atoms in total. The summed E-state index contributed by atoms with van der Waals surface area (Å²) in [5.74, 6) is 0.287. The first-order valence-corrected chi connectivity index (χ1v) is 10.1. The summed E-state index contributed by atoms with van der Waals surface area (Å²) in [6.07, 6.45) is 3.68. The Morgan fingerprint density at radius 2 is 1.87 bits per heavy atom. The van der Waals surface area contributed by atoms with E-state index in [9.17, 15) is 9.59 Å². The fourth-order valence-corrected chi connectivity index (χ4v) is 3.48. The van der Waals surface area contributed by atoms with Gasteiger partial charge in [-0.15, -0.1) is 0 Å². The second kappa shape index (κ2) is 8.78. The van der Waals surface area contributed by atoms with Crippen molar-refractivity contribution in [3.05, 3.63) is 71.8 Å². The molecular weight excluding hydrogens is 378 g/mol. The minimum Gasteiger partial charge on any atom is -0.494 e. The summed E-state index contributed by atoms with van der Waals surface area (Å²) in [6, 6.07) is 18.8. The van der Waals surface area contributed by atoms with Gasteiger partial charge in [-0.2, -0.15) is 5.10 Å². The lowest BCUT2D eigenvalue weighted by molar-refractivity contribution is -0.119. The summed E-state index contributed by atoms with van der Waals surface area (Å²) in [5.41, 5.74) is 4.72. The van der Waals surface area contributed by atoms with E-state index in [0.29, 0.717) is 12.2 Å². The average molecular weight is 401 g/mol.